The van der Waals surface area contributed by atoms with E-state index < -0.39 is 23.9 Å². The summed E-state index contributed by atoms with van der Waals surface area (Å²) >= 11 is 3.18. The first-order valence-electron chi connectivity index (χ1n) is 6.70. The number of halogens is 2. The summed E-state index contributed by atoms with van der Waals surface area (Å²) in [5.41, 5.74) is 5.19. The molecule has 1 saturated heterocycles. The van der Waals surface area contributed by atoms with Crippen LogP contribution < -0.4 is 10.5 Å². The van der Waals surface area contributed by atoms with Crippen LogP contribution in [0.15, 0.2) is 22.7 Å². The van der Waals surface area contributed by atoms with Gasteiger partial charge in [-0.1, -0.05) is 0 Å². The molecule has 0 saturated carbocycles. The molecule has 22 heavy (non-hydrogen) atoms. The van der Waals surface area contributed by atoms with E-state index in [-0.39, 0.29) is 19.1 Å². The van der Waals surface area contributed by atoms with Gasteiger partial charge in [0.1, 0.15) is 11.6 Å². The number of carbonyl (C=O) groups excluding carboxylic acids is 2. The Hall–Kier alpha value is -1.67. The van der Waals surface area contributed by atoms with Gasteiger partial charge in [0.2, 0.25) is 5.91 Å². The summed E-state index contributed by atoms with van der Waals surface area (Å²) in [6, 6.07) is 3.94. The predicted molar refractivity (Wildman–Crippen MR) is 79.7 cm³/mol. The van der Waals surface area contributed by atoms with Gasteiger partial charge < -0.3 is 20.1 Å². The molecular formula is C14H16BrFN2O4. The first-order valence-corrected chi connectivity index (χ1v) is 7.49. The van der Waals surface area contributed by atoms with Crippen molar-refractivity contribution in [1.29, 1.82) is 0 Å². The van der Waals surface area contributed by atoms with Crippen LogP contribution in [-0.4, -0.2) is 48.6 Å². The Bertz CT molecular complexity index is 584. The van der Waals surface area contributed by atoms with Crippen molar-refractivity contribution in [1.82, 2.24) is 4.90 Å². The highest BCUT2D eigenvalue weighted by atomic mass is 79.9. The van der Waals surface area contributed by atoms with Gasteiger partial charge >= 0.3 is 0 Å². The number of amides is 2. The highest BCUT2D eigenvalue weighted by Gasteiger charge is 2.30. The lowest BCUT2D eigenvalue weighted by Crippen LogP contribution is -2.53. The Morgan fingerprint density at radius 2 is 2.27 bits per heavy atom. The molecule has 2 N–H and O–H groups in total. The second-order valence-corrected chi connectivity index (χ2v) is 5.74. The summed E-state index contributed by atoms with van der Waals surface area (Å²) in [6.07, 6.45) is -1.59. The molecule has 0 radical (unpaired) electrons. The number of hydrogen-bond donors (Lipinski definition) is 1. The maximum atomic E-state index is 13.0. The fraction of sp³-hybridized carbons (Fsp3) is 0.429. The topological polar surface area (TPSA) is 81.9 Å². The largest absolute Gasteiger partial charge is 0.480 e. The second-order valence-electron chi connectivity index (χ2n) is 4.88. The molecule has 2 amide bonds. The summed E-state index contributed by atoms with van der Waals surface area (Å²) in [7, 11) is 0. The highest BCUT2D eigenvalue weighted by molar-refractivity contribution is 9.10. The molecule has 1 fully saturated rings. The van der Waals surface area contributed by atoms with Crippen molar-refractivity contribution in [2.24, 2.45) is 5.73 Å². The number of morpholine rings is 1. The molecular weight excluding hydrogens is 359 g/mol. The Labute approximate surface area is 135 Å². The zero-order valence-electron chi connectivity index (χ0n) is 11.9. The van der Waals surface area contributed by atoms with E-state index in [1.54, 1.807) is 6.92 Å². The summed E-state index contributed by atoms with van der Waals surface area (Å²) < 4.78 is 24.2. The maximum Gasteiger partial charge on any atom is 0.263 e. The third-order valence-corrected chi connectivity index (χ3v) is 3.86. The van der Waals surface area contributed by atoms with Crippen molar-refractivity contribution >= 4 is 27.7 Å². The molecule has 1 aromatic carbocycles. The van der Waals surface area contributed by atoms with Crippen LogP contribution in [0.3, 0.4) is 0 Å². The average Bonchev–Trinajstić information content (AvgIpc) is 2.49. The lowest BCUT2D eigenvalue weighted by Gasteiger charge is -2.33. The average molecular weight is 375 g/mol. The molecule has 1 aliphatic rings. The van der Waals surface area contributed by atoms with Crippen LogP contribution in [0.4, 0.5) is 4.39 Å². The number of benzene rings is 1. The molecule has 0 bridgehead atoms. The number of nitrogens with zero attached hydrogens (tertiary/aromatic N) is 1. The Balaban J connectivity index is 2.01. The van der Waals surface area contributed by atoms with Crippen LogP contribution in [-0.2, 0) is 14.3 Å². The molecule has 1 aliphatic heterocycles. The quantitative estimate of drug-likeness (QED) is 0.854. The van der Waals surface area contributed by atoms with E-state index in [9.17, 15) is 14.0 Å². The van der Waals surface area contributed by atoms with E-state index in [1.165, 1.54) is 23.1 Å². The summed E-state index contributed by atoms with van der Waals surface area (Å²) in [4.78, 5) is 25.0. The Morgan fingerprint density at radius 1 is 1.55 bits per heavy atom. The molecule has 1 aromatic rings. The number of rotatable bonds is 4. The van der Waals surface area contributed by atoms with Gasteiger partial charge in [0.05, 0.1) is 17.6 Å². The van der Waals surface area contributed by atoms with Crippen molar-refractivity contribution in [2.75, 3.05) is 19.7 Å². The lowest BCUT2D eigenvalue weighted by atomic mass is 10.2. The molecule has 8 heteroatoms. The smallest absolute Gasteiger partial charge is 0.263 e. The van der Waals surface area contributed by atoms with E-state index in [4.69, 9.17) is 15.2 Å². The molecule has 0 aromatic heterocycles. The van der Waals surface area contributed by atoms with Crippen molar-refractivity contribution in [2.45, 2.75) is 19.1 Å². The third kappa shape index (κ3) is 3.95. The van der Waals surface area contributed by atoms with Crippen LogP contribution in [0.1, 0.15) is 6.92 Å². The van der Waals surface area contributed by atoms with Gasteiger partial charge in [-0.3, -0.25) is 9.59 Å². The minimum atomic E-state index is -0.803. The normalized spacial score (nSPS) is 19.6. The summed E-state index contributed by atoms with van der Waals surface area (Å²) in [5, 5.41) is 0. The van der Waals surface area contributed by atoms with E-state index in [1.807, 2.05) is 0 Å². The van der Waals surface area contributed by atoms with Crippen LogP contribution in [0.5, 0.6) is 5.75 Å². The standard InChI is InChI=1S/C14H16BrFN2O4/c1-8(22-11-3-2-9(16)6-10(11)15)14(20)18-4-5-21-12(7-18)13(17)19/h2-3,6,8,12H,4-5,7H2,1H3,(H2,17,19). The fourth-order valence-electron chi connectivity index (χ4n) is 2.09. The maximum absolute atomic E-state index is 13.0. The minimum absolute atomic E-state index is 0.104. The Morgan fingerprint density at radius 3 is 2.91 bits per heavy atom. The van der Waals surface area contributed by atoms with E-state index in [0.29, 0.717) is 16.8 Å². The molecule has 2 unspecified atom stereocenters. The highest BCUT2D eigenvalue weighted by Crippen LogP contribution is 2.26. The van der Waals surface area contributed by atoms with Gasteiger partial charge in [-0.25, -0.2) is 4.39 Å². The number of carbonyl (C=O) groups is 2. The van der Waals surface area contributed by atoms with E-state index in [2.05, 4.69) is 15.9 Å². The van der Waals surface area contributed by atoms with Gasteiger partial charge in [0, 0.05) is 6.54 Å². The molecule has 0 aliphatic carbocycles. The SMILES string of the molecule is CC(Oc1ccc(F)cc1Br)C(=O)N1CCOC(C(N)=O)C1. The Kier molecular flexibility index (Phi) is 5.36. The van der Waals surface area contributed by atoms with Crippen molar-refractivity contribution in [3.8, 4) is 5.75 Å². The number of primary amides is 1. The van der Waals surface area contributed by atoms with Crippen LogP contribution >= 0.6 is 15.9 Å². The molecule has 2 rings (SSSR count). The predicted octanol–water partition coefficient (Wildman–Crippen LogP) is 1.07. The zero-order valence-corrected chi connectivity index (χ0v) is 13.5. The second kappa shape index (κ2) is 7.06. The van der Waals surface area contributed by atoms with Gasteiger partial charge in [-0.15, -0.1) is 0 Å². The van der Waals surface area contributed by atoms with Crippen molar-refractivity contribution in [3.63, 3.8) is 0 Å². The monoisotopic (exact) mass is 374 g/mol. The van der Waals surface area contributed by atoms with Crippen LogP contribution in [0.25, 0.3) is 0 Å². The fourth-order valence-corrected chi connectivity index (χ4v) is 2.53. The number of ether oxygens (including phenoxy) is 2. The third-order valence-electron chi connectivity index (χ3n) is 3.24. The lowest BCUT2D eigenvalue weighted by molar-refractivity contribution is -0.150. The summed E-state index contributed by atoms with van der Waals surface area (Å²) in [5.74, 6) is -0.934. The minimum Gasteiger partial charge on any atom is -0.480 e. The molecule has 6 nitrogen and oxygen atoms in total. The molecule has 2 atom stereocenters. The number of hydrogen-bond acceptors (Lipinski definition) is 4. The summed E-state index contributed by atoms with van der Waals surface area (Å²) in [6.45, 7) is 2.30. The van der Waals surface area contributed by atoms with Gasteiger partial charge in [0.15, 0.2) is 12.2 Å². The molecule has 0 spiro atoms. The molecule has 120 valence electrons. The van der Waals surface area contributed by atoms with Gasteiger partial charge in [-0.2, -0.15) is 0 Å². The zero-order chi connectivity index (χ0) is 16.3. The van der Waals surface area contributed by atoms with Crippen LogP contribution in [0.2, 0.25) is 0 Å². The van der Waals surface area contributed by atoms with Gasteiger partial charge in [0.25, 0.3) is 5.91 Å². The van der Waals surface area contributed by atoms with Crippen molar-refractivity contribution in [3.05, 3.63) is 28.5 Å². The first-order chi connectivity index (χ1) is 10.4. The first kappa shape index (κ1) is 16.7. The van der Waals surface area contributed by atoms with E-state index >= 15 is 0 Å². The van der Waals surface area contributed by atoms with E-state index in [0.717, 1.165) is 0 Å². The van der Waals surface area contributed by atoms with Gasteiger partial charge in [-0.05, 0) is 41.1 Å². The van der Waals surface area contributed by atoms with Crippen molar-refractivity contribution < 1.29 is 23.5 Å². The molecule has 1 heterocycles. The number of nitrogens with two attached hydrogens (primary N) is 1. The van der Waals surface area contributed by atoms with Crippen LogP contribution in [0, 0.1) is 5.82 Å².